The van der Waals surface area contributed by atoms with Gasteiger partial charge in [0.15, 0.2) is 0 Å². The Hall–Kier alpha value is -2.56. The van der Waals surface area contributed by atoms with Gasteiger partial charge in [0, 0.05) is 19.4 Å². The Labute approximate surface area is 136 Å². The molecule has 0 radical (unpaired) electrons. The summed E-state index contributed by atoms with van der Waals surface area (Å²) in [5.41, 5.74) is 1.27. The van der Waals surface area contributed by atoms with Crippen LogP contribution in [0.4, 0.5) is 0 Å². The lowest BCUT2D eigenvalue weighted by atomic mass is 10.1. The number of aromatic nitrogens is 2. The number of imidazole rings is 1. The molecule has 2 aromatic rings. The smallest absolute Gasteiger partial charge is 0.341 e. The molecule has 0 N–H and O–H groups in total. The van der Waals surface area contributed by atoms with Crippen LogP contribution >= 0.6 is 0 Å². The molecule has 1 heterocycles. The quantitative estimate of drug-likeness (QED) is 0.606. The summed E-state index contributed by atoms with van der Waals surface area (Å²) in [5.74, 6) is 0.937. The zero-order chi connectivity index (χ0) is 16.8. The maximum atomic E-state index is 12.3. The number of benzene rings is 1. The fourth-order valence-corrected chi connectivity index (χ4v) is 2.17. The third-order valence-electron chi connectivity index (χ3n) is 3.10. The van der Waals surface area contributed by atoms with Crippen LogP contribution in [-0.2, 0) is 16.6 Å². The summed E-state index contributed by atoms with van der Waals surface area (Å²) >= 11 is 0. The lowest BCUT2D eigenvalue weighted by Crippen LogP contribution is -2.10. The van der Waals surface area contributed by atoms with Crippen LogP contribution in [0.1, 0.15) is 32.2 Å². The standard InChI is InChI=1S/C18H22N2O3/c1-5-22-18(21)16(17-19-9-10-20(17)4)12-14-7-6-8-15(11-14)23-13(2)3/h6-13H,5H2,1-4H3. The minimum atomic E-state index is -0.392. The van der Waals surface area contributed by atoms with Gasteiger partial charge in [-0.1, -0.05) is 12.1 Å². The van der Waals surface area contributed by atoms with E-state index in [2.05, 4.69) is 4.98 Å². The monoisotopic (exact) mass is 314 g/mol. The van der Waals surface area contributed by atoms with Crippen LogP contribution in [0.5, 0.6) is 5.75 Å². The number of carbonyl (C=O) groups excluding carboxylic acids is 1. The molecule has 0 spiro atoms. The number of ether oxygens (including phenoxy) is 2. The topological polar surface area (TPSA) is 53.4 Å². The van der Waals surface area contributed by atoms with Gasteiger partial charge in [-0.3, -0.25) is 0 Å². The van der Waals surface area contributed by atoms with Gasteiger partial charge < -0.3 is 14.0 Å². The Morgan fingerprint density at radius 2 is 2.17 bits per heavy atom. The second-order valence-electron chi connectivity index (χ2n) is 5.38. The molecule has 0 aliphatic heterocycles. The summed E-state index contributed by atoms with van der Waals surface area (Å²) in [4.78, 5) is 16.5. The molecular formula is C18H22N2O3. The lowest BCUT2D eigenvalue weighted by Gasteiger charge is -2.11. The van der Waals surface area contributed by atoms with Crippen molar-refractivity contribution in [2.75, 3.05) is 6.61 Å². The van der Waals surface area contributed by atoms with Crippen molar-refractivity contribution in [1.29, 1.82) is 0 Å². The number of rotatable bonds is 6. The third-order valence-corrected chi connectivity index (χ3v) is 3.10. The van der Waals surface area contributed by atoms with Crippen LogP contribution < -0.4 is 4.74 Å². The second kappa shape index (κ2) is 7.63. The van der Waals surface area contributed by atoms with E-state index in [0.29, 0.717) is 18.0 Å². The fraction of sp³-hybridized carbons (Fsp3) is 0.333. The van der Waals surface area contributed by atoms with Gasteiger partial charge in [-0.05, 0) is 44.5 Å². The minimum absolute atomic E-state index is 0.0910. The van der Waals surface area contributed by atoms with Gasteiger partial charge in [0.1, 0.15) is 17.1 Å². The minimum Gasteiger partial charge on any atom is -0.491 e. The number of esters is 1. The molecule has 0 aliphatic carbocycles. The van der Waals surface area contributed by atoms with Crippen molar-refractivity contribution in [3.05, 3.63) is 48.0 Å². The van der Waals surface area contributed by atoms with Crippen molar-refractivity contribution in [2.24, 2.45) is 7.05 Å². The van der Waals surface area contributed by atoms with Gasteiger partial charge in [0.05, 0.1) is 12.7 Å². The molecule has 0 saturated carbocycles. The molecule has 0 atom stereocenters. The number of hydrogen-bond donors (Lipinski definition) is 0. The van der Waals surface area contributed by atoms with Crippen LogP contribution in [0.3, 0.4) is 0 Å². The zero-order valence-corrected chi connectivity index (χ0v) is 13.9. The van der Waals surface area contributed by atoms with Crippen molar-refractivity contribution in [3.63, 3.8) is 0 Å². The van der Waals surface area contributed by atoms with Gasteiger partial charge in [0.2, 0.25) is 0 Å². The van der Waals surface area contributed by atoms with E-state index in [1.54, 1.807) is 30.0 Å². The SMILES string of the molecule is CCOC(=O)C(=Cc1cccc(OC(C)C)c1)c1nccn1C. The van der Waals surface area contributed by atoms with Gasteiger partial charge in [-0.15, -0.1) is 0 Å². The summed E-state index contributed by atoms with van der Waals surface area (Å²) < 4.78 is 12.6. The van der Waals surface area contributed by atoms with Crippen molar-refractivity contribution >= 4 is 17.6 Å². The van der Waals surface area contributed by atoms with E-state index in [1.807, 2.05) is 45.2 Å². The van der Waals surface area contributed by atoms with Crippen LogP contribution in [-0.4, -0.2) is 28.2 Å². The lowest BCUT2D eigenvalue weighted by molar-refractivity contribution is -0.136. The molecule has 0 unspecified atom stereocenters. The van der Waals surface area contributed by atoms with E-state index < -0.39 is 5.97 Å². The summed E-state index contributed by atoms with van der Waals surface area (Å²) in [7, 11) is 1.84. The molecule has 5 nitrogen and oxygen atoms in total. The van der Waals surface area contributed by atoms with Gasteiger partial charge >= 0.3 is 5.97 Å². The average Bonchev–Trinajstić information content (AvgIpc) is 2.90. The molecule has 1 aromatic heterocycles. The first-order valence-electron chi connectivity index (χ1n) is 7.64. The first-order chi connectivity index (χ1) is 11.0. The molecule has 0 fully saturated rings. The second-order valence-corrected chi connectivity index (χ2v) is 5.38. The summed E-state index contributed by atoms with van der Waals surface area (Å²) in [5, 5.41) is 0. The van der Waals surface area contributed by atoms with E-state index in [4.69, 9.17) is 9.47 Å². The van der Waals surface area contributed by atoms with E-state index in [1.165, 1.54) is 0 Å². The predicted molar refractivity (Wildman–Crippen MR) is 89.9 cm³/mol. The molecule has 0 amide bonds. The Balaban J connectivity index is 2.41. The molecule has 0 bridgehead atoms. The summed E-state index contributed by atoms with van der Waals surface area (Å²) in [6.45, 7) is 6.04. The first-order valence-corrected chi connectivity index (χ1v) is 7.64. The van der Waals surface area contributed by atoms with Gasteiger partial charge in [0.25, 0.3) is 0 Å². The Kier molecular flexibility index (Phi) is 5.57. The van der Waals surface area contributed by atoms with Crippen molar-refractivity contribution in [1.82, 2.24) is 9.55 Å². The van der Waals surface area contributed by atoms with E-state index in [9.17, 15) is 4.79 Å². The highest BCUT2D eigenvalue weighted by Gasteiger charge is 2.17. The molecule has 1 aromatic carbocycles. The van der Waals surface area contributed by atoms with Crippen molar-refractivity contribution < 1.29 is 14.3 Å². The van der Waals surface area contributed by atoms with Crippen LogP contribution in [0.25, 0.3) is 11.6 Å². The van der Waals surface area contributed by atoms with E-state index >= 15 is 0 Å². The van der Waals surface area contributed by atoms with E-state index in [-0.39, 0.29) is 6.10 Å². The van der Waals surface area contributed by atoms with Crippen molar-refractivity contribution in [2.45, 2.75) is 26.9 Å². The molecule has 2 rings (SSSR count). The number of nitrogens with zero attached hydrogens (tertiary/aromatic N) is 2. The Morgan fingerprint density at radius 3 is 2.78 bits per heavy atom. The molecule has 23 heavy (non-hydrogen) atoms. The number of hydrogen-bond acceptors (Lipinski definition) is 4. The largest absolute Gasteiger partial charge is 0.491 e. The normalized spacial score (nSPS) is 11.6. The average molecular weight is 314 g/mol. The predicted octanol–water partition coefficient (Wildman–Crippen LogP) is 3.31. The van der Waals surface area contributed by atoms with Crippen LogP contribution in [0.15, 0.2) is 36.7 Å². The van der Waals surface area contributed by atoms with Gasteiger partial charge in [-0.25, -0.2) is 9.78 Å². The number of carbonyl (C=O) groups is 1. The van der Waals surface area contributed by atoms with E-state index in [0.717, 1.165) is 11.3 Å². The molecule has 0 aliphatic rings. The highest BCUT2D eigenvalue weighted by molar-refractivity contribution is 6.20. The summed E-state index contributed by atoms with van der Waals surface area (Å²) in [6, 6.07) is 7.59. The highest BCUT2D eigenvalue weighted by Crippen LogP contribution is 2.21. The highest BCUT2D eigenvalue weighted by atomic mass is 16.5. The molecule has 122 valence electrons. The van der Waals surface area contributed by atoms with Crippen LogP contribution in [0.2, 0.25) is 0 Å². The van der Waals surface area contributed by atoms with Crippen LogP contribution in [0, 0.1) is 0 Å². The van der Waals surface area contributed by atoms with Crippen molar-refractivity contribution in [3.8, 4) is 5.75 Å². The Morgan fingerprint density at radius 1 is 1.39 bits per heavy atom. The Bertz CT molecular complexity index is 702. The summed E-state index contributed by atoms with van der Waals surface area (Å²) in [6.07, 6.45) is 5.31. The zero-order valence-electron chi connectivity index (χ0n) is 13.9. The molecular weight excluding hydrogens is 292 g/mol. The maximum absolute atomic E-state index is 12.3. The molecule has 5 heteroatoms. The molecule has 0 saturated heterocycles. The number of aryl methyl sites for hydroxylation is 1. The van der Waals surface area contributed by atoms with Gasteiger partial charge in [-0.2, -0.15) is 0 Å². The first kappa shape index (κ1) is 16.8. The third kappa shape index (κ3) is 4.45. The maximum Gasteiger partial charge on any atom is 0.341 e. The fourth-order valence-electron chi connectivity index (χ4n) is 2.17.